The van der Waals surface area contributed by atoms with Crippen LogP contribution < -0.4 is 9.47 Å². The van der Waals surface area contributed by atoms with Crippen molar-refractivity contribution in [1.82, 2.24) is 9.88 Å². The summed E-state index contributed by atoms with van der Waals surface area (Å²) in [6.45, 7) is 4.53. The molecule has 0 saturated carbocycles. The second kappa shape index (κ2) is 7.09. The Morgan fingerprint density at radius 2 is 1.95 bits per heavy atom. The summed E-state index contributed by atoms with van der Waals surface area (Å²) in [5, 5.41) is 0. The maximum absolute atomic E-state index is 12.1. The molecular weight excluding hydrogens is 244 g/mol. The van der Waals surface area contributed by atoms with Gasteiger partial charge in [-0.3, -0.25) is 4.79 Å². The molecule has 0 unspecified atom stereocenters. The van der Waals surface area contributed by atoms with Gasteiger partial charge in [0.05, 0.1) is 13.2 Å². The van der Waals surface area contributed by atoms with E-state index in [9.17, 15) is 4.79 Å². The zero-order valence-corrected chi connectivity index (χ0v) is 12.3. The first-order valence-electron chi connectivity index (χ1n) is 6.33. The van der Waals surface area contributed by atoms with E-state index in [-0.39, 0.29) is 11.9 Å². The molecule has 0 amide bonds. The zero-order valence-electron chi connectivity index (χ0n) is 12.3. The third-order valence-corrected chi connectivity index (χ3v) is 2.45. The summed E-state index contributed by atoms with van der Waals surface area (Å²) >= 11 is 0. The number of hydrogen-bond donors (Lipinski definition) is 0. The number of rotatable bonds is 7. The number of pyridine rings is 1. The molecule has 5 heteroatoms. The fourth-order valence-corrected chi connectivity index (χ4v) is 1.52. The van der Waals surface area contributed by atoms with E-state index < -0.39 is 0 Å². The summed E-state index contributed by atoms with van der Waals surface area (Å²) in [6.07, 6.45) is 0.464. The van der Waals surface area contributed by atoms with E-state index in [4.69, 9.17) is 9.47 Å². The predicted molar refractivity (Wildman–Crippen MR) is 74.1 cm³/mol. The Balaban J connectivity index is 2.89. The molecule has 0 aromatic carbocycles. The Morgan fingerprint density at radius 1 is 1.32 bits per heavy atom. The molecule has 1 heterocycles. The van der Waals surface area contributed by atoms with Gasteiger partial charge in [0.25, 0.3) is 0 Å². The standard InChI is InChI=1S/C14H22N2O3/c1-10(2)19-14-9-11(8-13(15-14)18-5)12(17)6-7-16(3)4/h8-10H,6-7H2,1-5H3. The number of nitrogens with zero attached hydrogens (tertiary/aromatic N) is 2. The molecule has 1 aromatic heterocycles. The number of Topliss-reactive ketones (excluding diaryl/α,β-unsaturated/α-hetero) is 1. The van der Waals surface area contributed by atoms with Crippen molar-refractivity contribution in [3.8, 4) is 11.8 Å². The molecule has 0 saturated heterocycles. The molecule has 0 spiro atoms. The van der Waals surface area contributed by atoms with Gasteiger partial charge in [0.1, 0.15) is 0 Å². The van der Waals surface area contributed by atoms with E-state index in [1.54, 1.807) is 12.1 Å². The van der Waals surface area contributed by atoms with Gasteiger partial charge in [-0.2, -0.15) is 4.98 Å². The molecule has 0 radical (unpaired) electrons. The van der Waals surface area contributed by atoms with Crippen molar-refractivity contribution in [1.29, 1.82) is 0 Å². The van der Waals surface area contributed by atoms with Crippen LogP contribution in [-0.2, 0) is 0 Å². The average molecular weight is 266 g/mol. The predicted octanol–water partition coefficient (Wildman–Crippen LogP) is 2.01. The molecule has 0 fully saturated rings. The number of methoxy groups -OCH3 is 1. The first-order chi connectivity index (χ1) is 8.92. The van der Waals surface area contributed by atoms with Gasteiger partial charge >= 0.3 is 0 Å². The molecule has 0 atom stereocenters. The average Bonchev–Trinajstić information content (AvgIpc) is 2.34. The van der Waals surface area contributed by atoms with Crippen molar-refractivity contribution < 1.29 is 14.3 Å². The summed E-state index contributed by atoms with van der Waals surface area (Å²) < 4.78 is 10.6. The van der Waals surface area contributed by atoms with E-state index >= 15 is 0 Å². The maximum atomic E-state index is 12.1. The van der Waals surface area contributed by atoms with Crippen LogP contribution in [0.4, 0.5) is 0 Å². The lowest BCUT2D eigenvalue weighted by Gasteiger charge is -2.12. The minimum Gasteiger partial charge on any atom is -0.481 e. The Morgan fingerprint density at radius 3 is 2.47 bits per heavy atom. The van der Waals surface area contributed by atoms with E-state index in [1.807, 2.05) is 32.8 Å². The third-order valence-electron chi connectivity index (χ3n) is 2.45. The summed E-state index contributed by atoms with van der Waals surface area (Å²) in [4.78, 5) is 18.2. The third kappa shape index (κ3) is 5.26. The van der Waals surface area contributed by atoms with E-state index in [0.29, 0.717) is 30.3 Å². The van der Waals surface area contributed by atoms with Crippen molar-refractivity contribution in [2.75, 3.05) is 27.7 Å². The number of carbonyl (C=O) groups is 1. The Hall–Kier alpha value is -1.62. The Kier molecular flexibility index (Phi) is 5.76. The fourth-order valence-electron chi connectivity index (χ4n) is 1.52. The zero-order chi connectivity index (χ0) is 14.4. The lowest BCUT2D eigenvalue weighted by Crippen LogP contribution is -2.17. The van der Waals surface area contributed by atoms with Crippen LogP contribution in [-0.4, -0.2) is 49.5 Å². The molecular formula is C14H22N2O3. The van der Waals surface area contributed by atoms with Crippen LogP contribution in [0.2, 0.25) is 0 Å². The summed E-state index contributed by atoms with van der Waals surface area (Å²) in [7, 11) is 5.40. The topological polar surface area (TPSA) is 51.7 Å². The highest BCUT2D eigenvalue weighted by Crippen LogP contribution is 2.20. The smallest absolute Gasteiger partial charge is 0.217 e. The van der Waals surface area contributed by atoms with Gasteiger partial charge in [0.15, 0.2) is 5.78 Å². The van der Waals surface area contributed by atoms with Gasteiger partial charge in [0.2, 0.25) is 11.8 Å². The molecule has 1 rings (SSSR count). The molecule has 0 aliphatic carbocycles. The molecule has 5 nitrogen and oxygen atoms in total. The molecule has 0 bridgehead atoms. The number of carbonyl (C=O) groups excluding carboxylic acids is 1. The molecule has 0 aliphatic heterocycles. The van der Waals surface area contributed by atoms with Crippen LogP contribution in [0.3, 0.4) is 0 Å². The van der Waals surface area contributed by atoms with E-state index in [0.717, 1.165) is 0 Å². The highest BCUT2D eigenvalue weighted by molar-refractivity contribution is 5.96. The van der Waals surface area contributed by atoms with Gasteiger partial charge in [-0.15, -0.1) is 0 Å². The number of aromatic nitrogens is 1. The molecule has 0 N–H and O–H groups in total. The van der Waals surface area contributed by atoms with Crippen LogP contribution in [0.5, 0.6) is 11.8 Å². The molecule has 19 heavy (non-hydrogen) atoms. The number of ketones is 1. The van der Waals surface area contributed by atoms with Crippen molar-refractivity contribution >= 4 is 5.78 Å². The summed E-state index contributed by atoms with van der Waals surface area (Å²) in [5.41, 5.74) is 0.573. The normalized spacial score (nSPS) is 10.9. The summed E-state index contributed by atoms with van der Waals surface area (Å²) in [6, 6.07) is 3.31. The lowest BCUT2D eigenvalue weighted by molar-refractivity contribution is 0.0971. The van der Waals surface area contributed by atoms with Crippen molar-refractivity contribution in [2.45, 2.75) is 26.4 Å². The fraction of sp³-hybridized carbons (Fsp3) is 0.571. The molecule has 1 aromatic rings. The van der Waals surface area contributed by atoms with Crippen molar-refractivity contribution in [2.24, 2.45) is 0 Å². The minimum absolute atomic E-state index is 0.00401. The monoisotopic (exact) mass is 266 g/mol. The van der Waals surface area contributed by atoms with Gasteiger partial charge < -0.3 is 14.4 Å². The van der Waals surface area contributed by atoms with Gasteiger partial charge in [-0.25, -0.2) is 0 Å². The van der Waals surface area contributed by atoms with Crippen LogP contribution in [0, 0.1) is 0 Å². The van der Waals surface area contributed by atoms with Crippen molar-refractivity contribution in [3.05, 3.63) is 17.7 Å². The number of hydrogen-bond acceptors (Lipinski definition) is 5. The lowest BCUT2D eigenvalue weighted by atomic mass is 10.1. The van der Waals surface area contributed by atoms with Crippen LogP contribution in [0.1, 0.15) is 30.6 Å². The first kappa shape index (κ1) is 15.4. The second-order valence-corrected chi connectivity index (χ2v) is 4.88. The highest BCUT2D eigenvalue weighted by atomic mass is 16.5. The SMILES string of the molecule is COc1cc(C(=O)CCN(C)C)cc(OC(C)C)n1. The molecule has 0 aliphatic rings. The quantitative estimate of drug-likeness (QED) is 0.707. The highest BCUT2D eigenvalue weighted by Gasteiger charge is 2.12. The number of ether oxygens (including phenoxy) is 2. The largest absolute Gasteiger partial charge is 0.481 e. The maximum Gasteiger partial charge on any atom is 0.217 e. The van der Waals surface area contributed by atoms with Crippen molar-refractivity contribution in [3.63, 3.8) is 0 Å². The molecule has 106 valence electrons. The Bertz CT molecular complexity index is 431. The van der Waals surface area contributed by atoms with Crippen LogP contribution in [0.15, 0.2) is 12.1 Å². The van der Waals surface area contributed by atoms with Crippen LogP contribution >= 0.6 is 0 Å². The minimum atomic E-state index is 0.00401. The summed E-state index contributed by atoms with van der Waals surface area (Å²) in [5.74, 6) is 0.872. The van der Waals surface area contributed by atoms with E-state index in [2.05, 4.69) is 4.98 Å². The van der Waals surface area contributed by atoms with Crippen LogP contribution in [0.25, 0.3) is 0 Å². The second-order valence-electron chi connectivity index (χ2n) is 4.88. The van der Waals surface area contributed by atoms with Gasteiger partial charge in [0, 0.05) is 30.7 Å². The van der Waals surface area contributed by atoms with Gasteiger partial charge in [-0.05, 0) is 27.9 Å². The van der Waals surface area contributed by atoms with Gasteiger partial charge in [-0.1, -0.05) is 0 Å². The first-order valence-corrected chi connectivity index (χ1v) is 6.33. The van der Waals surface area contributed by atoms with E-state index in [1.165, 1.54) is 7.11 Å². The Labute approximate surface area is 114 Å².